The Morgan fingerprint density at radius 2 is 1.39 bits per heavy atom. The third kappa shape index (κ3) is 15.9. The molecule has 1 unspecified atom stereocenters. The molecule has 8 heteroatoms. The molecule has 0 heterocycles. The zero-order valence-electron chi connectivity index (χ0n) is 10.5. The summed E-state index contributed by atoms with van der Waals surface area (Å²) in [4.78, 5) is 0. The monoisotopic (exact) mass is 282 g/mol. The van der Waals surface area contributed by atoms with E-state index in [2.05, 4.69) is 25.6 Å². The predicted octanol–water partition coefficient (Wildman–Crippen LogP) is -0.757. The molecule has 18 heavy (non-hydrogen) atoms. The highest BCUT2D eigenvalue weighted by atomic mass is 31.1. The van der Waals surface area contributed by atoms with Gasteiger partial charge in [-0.25, -0.2) is 0 Å². The lowest BCUT2D eigenvalue weighted by Gasteiger charge is -2.06. The highest BCUT2D eigenvalue weighted by Gasteiger charge is 2.11. The summed E-state index contributed by atoms with van der Waals surface area (Å²) in [6, 6.07) is 0. The smallest absolute Gasteiger partial charge is 0.329 e. The lowest BCUT2D eigenvalue weighted by atomic mass is 10.5. The molecule has 0 saturated heterocycles. The summed E-state index contributed by atoms with van der Waals surface area (Å²) in [6.45, 7) is 6.64. The molecular weight excluding hydrogens is 253 g/mol. The number of nitrogens with one attached hydrogen (secondary N) is 4. The Bertz CT molecular complexity index is 186. The van der Waals surface area contributed by atoms with Crippen LogP contribution in [0.25, 0.3) is 0 Å². The van der Waals surface area contributed by atoms with Crippen LogP contribution in [0.4, 0.5) is 0 Å². The molecule has 6 N–H and O–H groups in total. The maximum Gasteiger partial charge on any atom is 0.612 e. The van der Waals surface area contributed by atoms with E-state index in [-0.39, 0.29) is 7.43 Å². The van der Waals surface area contributed by atoms with E-state index in [4.69, 9.17) is 5.73 Å². The minimum Gasteiger partial charge on any atom is -0.329 e. The van der Waals surface area contributed by atoms with Crippen LogP contribution in [0.2, 0.25) is 0 Å². The Morgan fingerprint density at radius 1 is 0.944 bits per heavy atom. The van der Waals surface area contributed by atoms with E-state index in [0.29, 0.717) is 13.1 Å². The Balaban J connectivity index is 0. The highest BCUT2D eigenvalue weighted by molar-refractivity contribution is 7.36. The fraction of sp³-hybridized carbons (Fsp3) is 1.00. The summed E-state index contributed by atoms with van der Waals surface area (Å²) in [5.41, 5.74) is 5.34. The van der Waals surface area contributed by atoms with Crippen LogP contribution in [0.15, 0.2) is 0 Å². The van der Waals surface area contributed by atoms with Gasteiger partial charge in [0, 0.05) is 45.8 Å². The Hall–Kier alpha value is -0.140. The molecule has 110 valence electrons. The molecule has 0 aromatic rings. The molecule has 0 saturated carbocycles. The fourth-order valence-electron chi connectivity index (χ4n) is 1.13. The van der Waals surface area contributed by atoms with Crippen molar-refractivity contribution in [1.29, 1.82) is 0 Å². The van der Waals surface area contributed by atoms with Crippen molar-refractivity contribution in [2.45, 2.75) is 7.43 Å². The molecule has 0 aromatic heterocycles. The van der Waals surface area contributed by atoms with Crippen molar-refractivity contribution in [3.8, 4) is 0 Å². The first kappa shape index (κ1) is 20.2. The molecule has 0 aliphatic carbocycles. The molecule has 0 amide bonds. The first-order valence-electron chi connectivity index (χ1n) is 5.88. The van der Waals surface area contributed by atoms with Crippen LogP contribution in [-0.2, 0) is 9.09 Å². The van der Waals surface area contributed by atoms with Crippen LogP contribution < -0.4 is 26.8 Å². The topological polar surface area (TPSA) is 100 Å². The lowest BCUT2D eigenvalue weighted by Crippen LogP contribution is -2.35. The van der Waals surface area contributed by atoms with E-state index >= 15 is 0 Å². The van der Waals surface area contributed by atoms with Crippen LogP contribution in [0.1, 0.15) is 7.43 Å². The summed E-state index contributed by atoms with van der Waals surface area (Å²) >= 11 is 0. The van der Waals surface area contributed by atoms with E-state index in [1.807, 2.05) is 0 Å². The standard InChI is InChI=1S/C9H25N5O2P.CH4/c1-16-17(15)14-9-8-13-7-6-12-5-4-11-3-2-10;/h11-13H,2-10H2,1H3,(H,14,15);1H4/q+1;. The molecular formula is C10H29N5O2P+. The van der Waals surface area contributed by atoms with E-state index in [0.717, 1.165) is 39.3 Å². The van der Waals surface area contributed by atoms with E-state index in [1.165, 1.54) is 7.11 Å². The van der Waals surface area contributed by atoms with Gasteiger partial charge in [0.15, 0.2) is 0 Å². The summed E-state index contributed by atoms with van der Waals surface area (Å²) in [5, 5.41) is 12.4. The highest BCUT2D eigenvalue weighted by Crippen LogP contribution is 2.11. The van der Waals surface area contributed by atoms with Gasteiger partial charge >= 0.3 is 8.18 Å². The third-order valence-corrected chi connectivity index (χ3v) is 2.80. The SMILES string of the molecule is C.CO[P+](=O)NCCNCCNCCNCCN. The van der Waals surface area contributed by atoms with Crippen LogP contribution in [0.3, 0.4) is 0 Å². The maximum atomic E-state index is 10.8. The Morgan fingerprint density at radius 3 is 1.83 bits per heavy atom. The van der Waals surface area contributed by atoms with Crippen molar-refractivity contribution in [3.05, 3.63) is 0 Å². The van der Waals surface area contributed by atoms with Crippen LogP contribution in [0.5, 0.6) is 0 Å². The van der Waals surface area contributed by atoms with Crippen molar-refractivity contribution < 1.29 is 9.09 Å². The van der Waals surface area contributed by atoms with E-state index in [9.17, 15) is 4.57 Å². The molecule has 1 atom stereocenters. The molecule has 0 aromatic carbocycles. The summed E-state index contributed by atoms with van der Waals surface area (Å²) in [6.07, 6.45) is 0. The van der Waals surface area contributed by atoms with Crippen molar-refractivity contribution >= 4 is 8.18 Å². The van der Waals surface area contributed by atoms with Gasteiger partial charge < -0.3 is 21.7 Å². The zero-order valence-corrected chi connectivity index (χ0v) is 11.4. The van der Waals surface area contributed by atoms with Crippen molar-refractivity contribution in [3.63, 3.8) is 0 Å². The minimum atomic E-state index is -1.69. The Kier molecular flexibility index (Phi) is 18.9. The summed E-state index contributed by atoms with van der Waals surface area (Å²) in [5.74, 6) is 0. The first-order valence-corrected chi connectivity index (χ1v) is 7.06. The van der Waals surface area contributed by atoms with Crippen LogP contribution >= 0.6 is 8.18 Å². The zero-order chi connectivity index (χ0) is 12.8. The average molecular weight is 282 g/mol. The van der Waals surface area contributed by atoms with Gasteiger partial charge in [-0.2, -0.15) is 0 Å². The number of rotatable bonds is 13. The number of nitrogens with two attached hydrogens (primary N) is 1. The normalized spacial score (nSPS) is 11.1. The second kappa shape index (κ2) is 16.9. The predicted molar refractivity (Wildman–Crippen MR) is 77.0 cm³/mol. The first-order chi connectivity index (χ1) is 8.31. The average Bonchev–Trinajstić information content (AvgIpc) is 2.35. The lowest BCUT2D eigenvalue weighted by molar-refractivity contribution is 0.404. The Labute approximate surface area is 112 Å². The van der Waals surface area contributed by atoms with Crippen LogP contribution in [0, 0.1) is 0 Å². The van der Waals surface area contributed by atoms with Gasteiger partial charge in [0.25, 0.3) is 0 Å². The second-order valence-corrected chi connectivity index (χ2v) is 4.58. The molecule has 0 aliphatic heterocycles. The van der Waals surface area contributed by atoms with Crippen molar-refractivity contribution in [2.75, 3.05) is 59.5 Å². The van der Waals surface area contributed by atoms with Gasteiger partial charge in [0.05, 0.1) is 13.7 Å². The van der Waals surface area contributed by atoms with Crippen molar-refractivity contribution in [2.24, 2.45) is 5.73 Å². The molecule has 0 fully saturated rings. The van der Waals surface area contributed by atoms with Gasteiger partial charge in [-0.05, 0) is 4.57 Å². The van der Waals surface area contributed by atoms with E-state index in [1.54, 1.807) is 0 Å². The maximum absolute atomic E-state index is 10.8. The van der Waals surface area contributed by atoms with Gasteiger partial charge in [0.1, 0.15) is 0 Å². The van der Waals surface area contributed by atoms with Gasteiger partial charge in [-0.1, -0.05) is 12.5 Å². The molecule has 7 nitrogen and oxygen atoms in total. The van der Waals surface area contributed by atoms with E-state index < -0.39 is 8.18 Å². The number of hydrogen-bond donors (Lipinski definition) is 5. The van der Waals surface area contributed by atoms with Crippen LogP contribution in [-0.4, -0.2) is 59.5 Å². The third-order valence-electron chi connectivity index (χ3n) is 1.99. The molecule has 0 aliphatic rings. The molecule has 0 rings (SSSR count). The van der Waals surface area contributed by atoms with Gasteiger partial charge in [-0.3, -0.25) is 0 Å². The van der Waals surface area contributed by atoms with Gasteiger partial charge in [0.2, 0.25) is 0 Å². The molecule has 0 radical (unpaired) electrons. The van der Waals surface area contributed by atoms with Crippen molar-refractivity contribution in [1.82, 2.24) is 21.0 Å². The summed E-state index contributed by atoms with van der Waals surface area (Å²) in [7, 11) is -0.270. The summed E-state index contributed by atoms with van der Waals surface area (Å²) < 4.78 is 15.4. The largest absolute Gasteiger partial charge is 0.612 e. The minimum absolute atomic E-state index is 0. The fourth-order valence-corrected chi connectivity index (χ4v) is 1.55. The van der Waals surface area contributed by atoms with Gasteiger partial charge in [-0.15, -0.1) is 4.52 Å². The number of hydrogen-bond acceptors (Lipinski definition) is 6. The quantitative estimate of drug-likeness (QED) is 0.224. The molecule has 0 spiro atoms. The molecule has 0 bridgehead atoms. The second-order valence-electron chi connectivity index (χ2n) is 3.39.